The minimum Gasteiger partial charge on any atom is -0.444 e. The number of fused-ring (bicyclic) bond motifs is 1. The lowest BCUT2D eigenvalue weighted by molar-refractivity contribution is -0.132. The molecule has 1 unspecified atom stereocenters. The van der Waals surface area contributed by atoms with Crippen molar-refractivity contribution in [1.29, 1.82) is 0 Å². The zero-order chi connectivity index (χ0) is 51.1. The van der Waals surface area contributed by atoms with Crippen LogP contribution in [0.4, 0.5) is 15.3 Å². The van der Waals surface area contributed by atoms with Crippen molar-refractivity contribution in [3.8, 4) is 0 Å². The van der Waals surface area contributed by atoms with Crippen molar-refractivity contribution in [3.05, 3.63) is 59.4 Å². The van der Waals surface area contributed by atoms with Crippen molar-refractivity contribution in [1.82, 2.24) is 30.8 Å². The average molecular weight is 1000 g/mol. The Labute approximate surface area is 417 Å². The van der Waals surface area contributed by atoms with Crippen LogP contribution >= 0.6 is 0 Å². The lowest BCUT2D eigenvalue weighted by Gasteiger charge is -2.28. The maximum Gasteiger partial charge on any atom is 0.408 e. The van der Waals surface area contributed by atoms with Gasteiger partial charge in [-0.05, 0) is 68.5 Å². The molecule has 22 nitrogen and oxygen atoms in total. The van der Waals surface area contributed by atoms with Crippen molar-refractivity contribution in [2.45, 2.75) is 78.1 Å². The topological polar surface area (TPSA) is 248 Å². The van der Waals surface area contributed by atoms with Gasteiger partial charge >= 0.3 is 12.1 Å². The normalized spacial score (nSPS) is 15.0. The molecule has 3 heterocycles. The SMILES string of the molecule is COCCOCCOCCOCCOCCOCCOCCOCCNC(=O)[C@H](CCC(=O)NCCCN1N=C(c2ccc(NC(=O)N3Cc4ccncc4C3)cc2)C(C)CC1=O)NC(=O)OC(C)(C)C. The van der Waals surface area contributed by atoms with Crippen LogP contribution in [0.2, 0.25) is 0 Å². The standard InChI is InChI=1S/C49H76N8O14/c1-37-33-44(59)57(55-45(37)38-7-9-41(10-8-38)53-47(61)56-35-39-13-15-50-34-40(39)36-56)17-6-14-51-43(58)12-11-42(54-48(62)71-49(2,3)4)46(60)52-16-18-64-21-22-66-25-26-68-29-30-70-32-31-69-28-27-67-24-23-65-20-19-63-5/h7-10,13,15,34,37,42H,6,11-12,14,16-33,35-36H2,1-5H3,(H,51,58)(H,52,60)(H,53,61)(H,54,62)/t37?,42-/m0/s1. The molecule has 71 heavy (non-hydrogen) atoms. The fourth-order valence-electron chi connectivity index (χ4n) is 7.03. The van der Waals surface area contributed by atoms with Gasteiger partial charge in [-0.2, -0.15) is 5.10 Å². The van der Waals surface area contributed by atoms with Crippen molar-refractivity contribution in [2.24, 2.45) is 11.0 Å². The molecule has 0 saturated carbocycles. The molecule has 0 aliphatic carbocycles. The average Bonchev–Trinajstić information content (AvgIpc) is 3.78. The van der Waals surface area contributed by atoms with Crippen LogP contribution in [0.5, 0.6) is 0 Å². The van der Waals surface area contributed by atoms with Gasteiger partial charge in [-0.25, -0.2) is 14.6 Å². The first-order valence-electron chi connectivity index (χ1n) is 24.4. The van der Waals surface area contributed by atoms with E-state index in [1.807, 2.05) is 37.3 Å². The molecule has 0 saturated heterocycles. The number of nitrogens with zero attached hydrogens (tertiary/aromatic N) is 4. The van der Waals surface area contributed by atoms with E-state index in [1.54, 1.807) is 45.2 Å². The van der Waals surface area contributed by atoms with Gasteiger partial charge in [-0.1, -0.05) is 19.1 Å². The zero-order valence-electron chi connectivity index (χ0n) is 42.2. The number of amides is 6. The number of methoxy groups -OCH3 is 1. The van der Waals surface area contributed by atoms with E-state index in [9.17, 15) is 24.0 Å². The molecule has 1 aromatic carbocycles. The van der Waals surface area contributed by atoms with Crippen LogP contribution in [-0.2, 0) is 70.1 Å². The maximum atomic E-state index is 13.1. The summed E-state index contributed by atoms with van der Waals surface area (Å²) in [6.45, 7) is 15.3. The molecule has 1 aromatic heterocycles. The number of anilines is 1. The van der Waals surface area contributed by atoms with Gasteiger partial charge < -0.3 is 68.8 Å². The van der Waals surface area contributed by atoms with Crippen LogP contribution in [0.1, 0.15) is 70.1 Å². The number of pyridine rings is 1. The number of hydrogen-bond acceptors (Lipinski definition) is 16. The van der Waals surface area contributed by atoms with E-state index in [1.165, 1.54) is 5.01 Å². The fourth-order valence-corrected chi connectivity index (χ4v) is 7.03. The van der Waals surface area contributed by atoms with Crippen LogP contribution in [0.15, 0.2) is 47.8 Å². The number of carbonyl (C=O) groups excluding carboxylic acids is 5. The number of nitrogens with one attached hydrogen (secondary N) is 4. The van der Waals surface area contributed by atoms with Crippen LogP contribution in [0.3, 0.4) is 0 Å². The molecule has 2 atom stereocenters. The number of rotatable bonds is 35. The summed E-state index contributed by atoms with van der Waals surface area (Å²) in [5.74, 6) is -1.05. The van der Waals surface area contributed by atoms with Gasteiger partial charge in [0.15, 0.2) is 0 Å². The summed E-state index contributed by atoms with van der Waals surface area (Å²) in [5, 5.41) is 17.2. The first-order valence-corrected chi connectivity index (χ1v) is 24.4. The number of aromatic nitrogens is 1. The van der Waals surface area contributed by atoms with Crippen molar-refractivity contribution < 1.29 is 66.6 Å². The minimum absolute atomic E-state index is 0.0144. The number of hydrogen-bond donors (Lipinski definition) is 4. The van der Waals surface area contributed by atoms with Crippen molar-refractivity contribution in [3.63, 3.8) is 0 Å². The van der Waals surface area contributed by atoms with E-state index in [2.05, 4.69) is 31.4 Å². The second kappa shape index (κ2) is 33.3. The second-order valence-electron chi connectivity index (χ2n) is 17.6. The lowest BCUT2D eigenvalue weighted by atomic mass is 9.93. The minimum atomic E-state index is -1.04. The second-order valence-corrected chi connectivity index (χ2v) is 17.6. The van der Waals surface area contributed by atoms with Crippen molar-refractivity contribution in [2.75, 3.05) is 131 Å². The van der Waals surface area contributed by atoms with Crippen LogP contribution in [0, 0.1) is 5.92 Å². The highest BCUT2D eigenvalue weighted by atomic mass is 16.6. The van der Waals surface area contributed by atoms with Gasteiger partial charge in [0.1, 0.15) is 11.6 Å². The van der Waals surface area contributed by atoms with E-state index >= 15 is 0 Å². The number of hydrazone groups is 1. The van der Waals surface area contributed by atoms with Crippen LogP contribution < -0.4 is 21.3 Å². The molecule has 0 radical (unpaired) electrons. The molecule has 2 aromatic rings. The Kier molecular flexibility index (Phi) is 27.4. The summed E-state index contributed by atoms with van der Waals surface area (Å²) in [7, 11) is 1.63. The molecule has 0 bridgehead atoms. The van der Waals surface area contributed by atoms with Crippen LogP contribution in [0.25, 0.3) is 0 Å². The van der Waals surface area contributed by atoms with Gasteiger partial charge in [0.2, 0.25) is 17.7 Å². The third kappa shape index (κ3) is 24.1. The zero-order valence-corrected chi connectivity index (χ0v) is 42.2. The number of urea groups is 1. The molecule has 4 N–H and O–H groups in total. The van der Waals surface area contributed by atoms with E-state index in [0.717, 1.165) is 22.4 Å². The summed E-state index contributed by atoms with van der Waals surface area (Å²) >= 11 is 0. The Morgan fingerprint density at radius 3 is 1.86 bits per heavy atom. The highest BCUT2D eigenvalue weighted by Gasteiger charge is 2.29. The summed E-state index contributed by atoms with van der Waals surface area (Å²) in [4.78, 5) is 70.4. The van der Waals surface area contributed by atoms with E-state index in [-0.39, 0.29) is 69.3 Å². The largest absolute Gasteiger partial charge is 0.444 e. The number of alkyl carbamates (subject to hydrolysis) is 1. The Hall–Kier alpha value is -5.33. The van der Waals surface area contributed by atoms with E-state index in [4.69, 9.17) is 42.6 Å². The maximum absolute atomic E-state index is 13.1. The Morgan fingerprint density at radius 1 is 0.732 bits per heavy atom. The number of carbonyl (C=O) groups is 5. The smallest absolute Gasteiger partial charge is 0.408 e. The first kappa shape index (κ1) is 58.2. The molecule has 0 spiro atoms. The van der Waals surface area contributed by atoms with E-state index < -0.39 is 23.6 Å². The summed E-state index contributed by atoms with van der Waals surface area (Å²) < 4.78 is 48.5. The first-order chi connectivity index (χ1) is 34.3. The Balaban J connectivity index is 1.05. The van der Waals surface area contributed by atoms with Gasteiger partial charge in [0.25, 0.3) is 0 Å². The molecular formula is C49H76N8O14. The number of ether oxygens (including phenoxy) is 9. The lowest BCUT2D eigenvalue weighted by Crippen LogP contribution is -2.49. The quantitative estimate of drug-likeness (QED) is 0.0724. The molecule has 2 aliphatic rings. The predicted octanol–water partition coefficient (Wildman–Crippen LogP) is 3.26. The third-order valence-corrected chi connectivity index (χ3v) is 10.7. The van der Waals surface area contributed by atoms with Gasteiger partial charge in [0, 0.05) is 76.7 Å². The molecule has 2 aliphatic heterocycles. The van der Waals surface area contributed by atoms with Gasteiger partial charge in [0.05, 0.1) is 105 Å². The Bertz CT molecular complexity index is 1910. The highest BCUT2D eigenvalue weighted by Crippen LogP contribution is 2.24. The molecule has 6 amide bonds. The Morgan fingerprint density at radius 2 is 1.30 bits per heavy atom. The fraction of sp³-hybridized carbons (Fsp3) is 0.653. The monoisotopic (exact) mass is 1000 g/mol. The number of benzene rings is 1. The third-order valence-electron chi connectivity index (χ3n) is 10.7. The summed E-state index contributed by atoms with van der Waals surface area (Å²) in [6.07, 6.45) is 3.39. The molecule has 396 valence electrons. The molecule has 22 heteroatoms. The molecule has 4 rings (SSSR count). The summed E-state index contributed by atoms with van der Waals surface area (Å²) in [6, 6.07) is 8.06. The molecule has 0 fully saturated rings. The highest BCUT2D eigenvalue weighted by molar-refractivity contribution is 6.06. The van der Waals surface area contributed by atoms with Gasteiger partial charge in [-0.15, -0.1) is 0 Å². The van der Waals surface area contributed by atoms with Crippen LogP contribution in [-0.4, -0.2) is 188 Å². The predicted molar refractivity (Wildman–Crippen MR) is 262 cm³/mol. The summed E-state index contributed by atoms with van der Waals surface area (Å²) in [5.41, 5.74) is 3.55. The van der Waals surface area contributed by atoms with E-state index in [0.29, 0.717) is 118 Å². The van der Waals surface area contributed by atoms with Gasteiger partial charge in [-0.3, -0.25) is 19.4 Å². The molecular weight excluding hydrogens is 925 g/mol. The van der Waals surface area contributed by atoms with Crippen molar-refractivity contribution >= 4 is 41.2 Å².